The van der Waals surface area contributed by atoms with Crippen molar-refractivity contribution in [2.45, 2.75) is 25.8 Å². The fraction of sp³-hybridized carbons (Fsp3) is 0.875. The molecule has 0 aromatic rings. The predicted molar refractivity (Wildman–Crippen MR) is 48.4 cm³/mol. The highest BCUT2D eigenvalue weighted by atomic mass is 16.4. The minimum Gasteiger partial charge on any atom is -0.465 e. The van der Waals surface area contributed by atoms with Crippen LogP contribution in [0.4, 0.5) is 4.79 Å². The van der Waals surface area contributed by atoms with Gasteiger partial charge in [-0.3, -0.25) is 0 Å². The van der Waals surface area contributed by atoms with E-state index in [2.05, 4.69) is 17.1 Å². The molecule has 1 atom stereocenters. The monoisotopic (exact) mass is 174 g/mol. The van der Waals surface area contributed by atoms with Crippen LogP contribution in [0.2, 0.25) is 0 Å². The number of carbonyl (C=O) groups is 1. The number of amides is 1. The van der Waals surface area contributed by atoms with Gasteiger partial charge in [-0.25, -0.2) is 4.79 Å². The molecule has 1 amide bonds. The van der Waals surface area contributed by atoms with Crippen LogP contribution in [0.5, 0.6) is 0 Å². The van der Waals surface area contributed by atoms with Crippen LogP contribution in [0.15, 0.2) is 0 Å². The maximum atomic E-state index is 10.1. The van der Waals surface area contributed by atoms with Gasteiger partial charge < -0.3 is 15.3 Å². The van der Waals surface area contributed by atoms with Crippen molar-refractivity contribution in [1.82, 2.24) is 10.2 Å². The van der Waals surface area contributed by atoms with Gasteiger partial charge in [0.15, 0.2) is 0 Å². The van der Waals surface area contributed by atoms with Crippen molar-refractivity contribution in [3.8, 4) is 0 Å². The van der Waals surface area contributed by atoms with Crippen molar-refractivity contribution in [3.63, 3.8) is 0 Å². The molecule has 72 valence electrons. The number of carboxylic acid groups (broad SMARTS) is 1. The maximum absolute atomic E-state index is 10.1. The predicted octanol–water partition coefficient (Wildman–Crippen LogP) is 0.984. The fourth-order valence-corrected chi connectivity index (χ4v) is 1.17. The SMILES string of the molecule is CCC(CCNC(=O)O)N(C)C. The fourth-order valence-electron chi connectivity index (χ4n) is 1.17. The molecule has 0 aromatic heterocycles. The Balaban J connectivity index is 3.51. The van der Waals surface area contributed by atoms with Gasteiger partial charge >= 0.3 is 6.09 Å². The van der Waals surface area contributed by atoms with E-state index in [1.165, 1.54) is 0 Å². The lowest BCUT2D eigenvalue weighted by Crippen LogP contribution is -2.32. The first-order chi connectivity index (χ1) is 5.57. The standard InChI is InChI=1S/C8H18N2O2/c1-4-7(10(2)3)5-6-9-8(11)12/h7,9H,4-6H2,1-3H3,(H,11,12). The summed E-state index contributed by atoms with van der Waals surface area (Å²) in [5, 5.41) is 10.7. The quantitative estimate of drug-likeness (QED) is 0.653. The molecule has 0 aromatic carbocycles. The first-order valence-electron chi connectivity index (χ1n) is 4.21. The zero-order valence-electron chi connectivity index (χ0n) is 8.00. The molecule has 0 aliphatic heterocycles. The molecule has 0 saturated carbocycles. The summed E-state index contributed by atoms with van der Waals surface area (Å²) in [6.07, 6.45) is 0.980. The van der Waals surface area contributed by atoms with Crippen LogP contribution in [0.1, 0.15) is 19.8 Å². The Kier molecular flexibility index (Phi) is 5.45. The Labute approximate surface area is 73.6 Å². The lowest BCUT2D eigenvalue weighted by atomic mass is 10.1. The normalized spacial score (nSPS) is 13.0. The summed E-state index contributed by atoms with van der Waals surface area (Å²) in [7, 11) is 4.02. The molecule has 4 heteroatoms. The van der Waals surface area contributed by atoms with Crippen molar-refractivity contribution in [2.24, 2.45) is 0 Å². The maximum Gasteiger partial charge on any atom is 0.404 e. The zero-order chi connectivity index (χ0) is 9.56. The topological polar surface area (TPSA) is 52.6 Å². The van der Waals surface area contributed by atoms with Crippen LogP contribution in [0.3, 0.4) is 0 Å². The van der Waals surface area contributed by atoms with Crippen LogP contribution < -0.4 is 5.32 Å². The largest absolute Gasteiger partial charge is 0.465 e. The minimum absolute atomic E-state index is 0.469. The van der Waals surface area contributed by atoms with Crippen LogP contribution in [0.25, 0.3) is 0 Å². The summed E-state index contributed by atoms with van der Waals surface area (Å²) in [5.41, 5.74) is 0. The Hall–Kier alpha value is -0.770. The second-order valence-corrected chi connectivity index (χ2v) is 3.05. The molecule has 0 heterocycles. The van der Waals surface area contributed by atoms with E-state index in [9.17, 15) is 4.79 Å². The van der Waals surface area contributed by atoms with Gasteiger partial charge in [0.05, 0.1) is 0 Å². The van der Waals surface area contributed by atoms with E-state index in [1.807, 2.05) is 14.1 Å². The molecular weight excluding hydrogens is 156 g/mol. The van der Waals surface area contributed by atoms with Gasteiger partial charge in [0.2, 0.25) is 0 Å². The van der Waals surface area contributed by atoms with Crippen molar-refractivity contribution in [3.05, 3.63) is 0 Å². The third-order valence-electron chi connectivity index (χ3n) is 1.96. The van der Waals surface area contributed by atoms with Crippen LogP contribution >= 0.6 is 0 Å². The highest BCUT2D eigenvalue weighted by Gasteiger charge is 2.07. The number of nitrogens with one attached hydrogen (secondary N) is 1. The summed E-state index contributed by atoms with van der Waals surface area (Å²) in [4.78, 5) is 12.2. The van der Waals surface area contributed by atoms with Gasteiger partial charge in [-0.05, 0) is 26.9 Å². The highest BCUT2D eigenvalue weighted by Crippen LogP contribution is 2.02. The molecule has 2 N–H and O–H groups in total. The molecule has 12 heavy (non-hydrogen) atoms. The average Bonchev–Trinajstić information content (AvgIpc) is 1.96. The second-order valence-electron chi connectivity index (χ2n) is 3.05. The summed E-state index contributed by atoms with van der Waals surface area (Å²) in [5.74, 6) is 0. The Morgan fingerprint density at radius 1 is 1.58 bits per heavy atom. The third kappa shape index (κ3) is 4.96. The molecule has 0 aliphatic carbocycles. The third-order valence-corrected chi connectivity index (χ3v) is 1.96. The van der Waals surface area contributed by atoms with Gasteiger partial charge in [0.25, 0.3) is 0 Å². The molecule has 0 radical (unpaired) electrons. The molecule has 1 unspecified atom stereocenters. The summed E-state index contributed by atoms with van der Waals surface area (Å²) < 4.78 is 0. The van der Waals surface area contributed by atoms with Crippen molar-refractivity contribution in [1.29, 1.82) is 0 Å². The first kappa shape index (κ1) is 11.2. The lowest BCUT2D eigenvalue weighted by Gasteiger charge is -2.22. The molecule has 0 saturated heterocycles. The summed E-state index contributed by atoms with van der Waals surface area (Å²) in [6.45, 7) is 2.64. The average molecular weight is 174 g/mol. The highest BCUT2D eigenvalue weighted by molar-refractivity contribution is 5.64. The van der Waals surface area contributed by atoms with E-state index >= 15 is 0 Å². The van der Waals surface area contributed by atoms with E-state index in [4.69, 9.17) is 5.11 Å². The number of hydrogen-bond acceptors (Lipinski definition) is 2. The van der Waals surface area contributed by atoms with Gasteiger partial charge in [-0.15, -0.1) is 0 Å². The number of nitrogens with zero attached hydrogens (tertiary/aromatic N) is 1. The van der Waals surface area contributed by atoms with E-state index in [0.717, 1.165) is 12.8 Å². The molecule has 4 nitrogen and oxygen atoms in total. The van der Waals surface area contributed by atoms with E-state index < -0.39 is 6.09 Å². The van der Waals surface area contributed by atoms with Crippen molar-refractivity contribution >= 4 is 6.09 Å². The molecular formula is C8H18N2O2. The Morgan fingerprint density at radius 2 is 2.17 bits per heavy atom. The molecule has 0 spiro atoms. The smallest absolute Gasteiger partial charge is 0.404 e. The Morgan fingerprint density at radius 3 is 2.50 bits per heavy atom. The van der Waals surface area contributed by atoms with Gasteiger partial charge in [0, 0.05) is 12.6 Å². The minimum atomic E-state index is -0.941. The van der Waals surface area contributed by atoms with E-state index in [1.54, 1.807) is 0 Å². The molecule has 0 aliphatic rings. The molecule has 0 bridgehead atoms. The van der Waals surface area contributed by atoms with Crippen molar-refractivity contribution in [2.75, 3.05) is 20.6 Å². The molecule has 0 fully saturated rings. The van der Waals surface area contributed by atoms with Gasteiger partial charge in [0.1, 0.15) is 0 Å². The van der Waals surface area contributed by atoms with Crippen LogP contribution in [-0.4, -0.2) is 42.8 Å². The summed E-state index contributed by atoms with van der Waals surface area (Å²) >= 11 is 0. The van der Waals surface area contributed by atoms with Crippen molar-refractivity contribution < 1.29 is 9.90 Å². The van der Waals surface area contributed by atoms with Crippen LogP contribution in [0, 0.1) is 0 Å². The second kappa shape index (κ2) is 5.83. The number of hydrogen-bond donors (Lipinski definition) is 2. The van der Waals surface area contributed by atoms with Gasteiger partial charge in [-0.2, -0.15) is 0 Å². The first-order valence-corrected chi connectivity index (χ1v) is 4.21. The Bertz CT molecular complexity index is 137. The lowest BCUT2D eigenvalue weighted by molar-refractivity contribution is 0.191. The zero-order valence-corrected chi connectivity index (χ0v) is 8.00. The van der Waals surface area contributed by atoms with E-state index in [-0.39, 0.29) is 0 Å². The van der Waals surface area contributed by atoms with Crippen LogP contribution in [-0.2, 0) is 0 Å². The summed E-state index contributed by atoms with van der Waals surface area (Å²) in [6, 6.07) is 0.469. The molecule has 0 rings (SSSR count). The number of rotatable bonds is 5. The van der Waals surface area contributed by atoms with E-state index in [0.29, 0.717) is 12.6 Å². The van der Waals surface area contributed by atoms with Gasteiger partial charge in [-0.1, -0.05) is 6.92 Å².